The molecule has 0 bridgehead atoms. The van der Waals surface area contributed by atoms with Crippen molar-refractivity contribution in [3.63, 3.8) is 0 Å². The average Bonchev–Trinajstić information content (AvgIpc) is 3.14. The summed E-state index contributed by atoms with van der Waals surface area (Å²) in [5.41, 5.74) is 1.47. The van der Waals surface area contributed by atoms with E-state index in [1.165, 1.54) is 19.2 Å². The molecule has 1 saturated carbocycles. The maximum absolute atomic E-state index is 12.8. The van der Waals surface area contributed by atoms with Crippen LogP contribution in [0.5, 0.6) is 0 Å². The lowest BCUT2D eigenvalue weighted by molar-refractivity contribution is -0.00531. The van der Waals surface area contributed by atoms with E-state index >= 15 is 0 Å². The molecule has 8 heteroatoms. The van der Waals surface area contributed by atoms with Crippen molar-refractivity contribution in [1.82, 2.24) is 14.9 Å². The smallest absolute Gasteiger partial charge is 0.292 e. The molecule has 0 unspecified atom stereocenters. The fourth-order valence-corrected chi connectivity index (χ4v) is 3.57. The lowest BCUT2D eigenvalue weighted by Gasteiger charge is -2.34. The SMILES string of the molecule is Cc1ncoc1C(=O)N1CCOC[C@@H]1c1csc(NCC2CC2)n1. The second-order valence-electron chi connectivity index (χ2n) is 6.26. The van der Waals surface area contributed by atoms with E-state index in [9.17, 15) is 4.79 Å². The molecule has 2 fully saturated rings. The molecule has 3 heterocycles. The van der Waals surface area contributed by atoms with Crippen LogP contribution in [0.15, 0.2) is 16.2 Å². The summed E-state index contributed by atoms with van der Waals surface area (Å²) in [6.45, 7) is 4.24. The number of ether oxygens (including phenoxy) is 1. The molecular weight excluding hydrogens is 328 g/mol. The fraction of sp³-hybridized carbons (Fsp3) is 0.562. The van der Waals surface area contributed by atoms with E-state index in [0.29, 0.717) is 31.2 Å². The molecule has 0 aromatic carbocycles. The number of aryl methyl sites for hydroxylation is 1. The molecule has 128 valence electrons. The number of oxazole rings is 1. The van der Waals surface area contributed by atoms with Gasteiger partial charge in [-0.05, 0) is 25.7 Å². The van der Waals surface area contributed by atoms with Crippen LogP contribution in [-0.4, -0.2) is 47.1 Å². The topological polar surface area (TPSA) is 80.5 Å². The molecule has 1 aliphatic carbocycles. The van der Waals surface area contributed by atoms with E-state index in [-0.39, 0.29) is 11.9 Å². The first-order valence-electron chi connectivity index (χ1n) is 8.20. The van der Waals surface area contributed by atoms with Crippen LogP contribution in [-0.2, 0) is 4.74 Å². The van der Waals surface area contributed by atoms with Crippen molar-refractivity contribution in [3.05, 3.63) is 28.9 Å². The van der Waals surface area contributed by atoms with E-state index in [2.05, 4.69) is 15.3 Å². The highest BCUT2D eigenvalue weighted by molar-refractivity contribution is 7.13. The molecule has 2 aliphatic rings. The van der Waals surface area contributed by atoms with E-state index in [1.807, 2.05) is 5.38 Å². The average molecular weight is 348 g/mol. The van der Waals surface area contributed by atoms with Crippen molar-refractivity contribution in [1.29, 1.82) is 0 Å². The summed E-state index contributed by atoms with van der Waals surface area (Å²) in [6.07, 6.45) is 3.92. The normalized spacial score (nSPS) is 21.0. The van der Waals surface area contributed by atoms with Gasteiger partial charge in [-0.1, -0.05) is 0 Å². The highest BCUT2D eigenvalue weighted by Crippen LogP contribution is 2.31. The standard InChI is InChI=1S/C16H20N4O3S/c1-10-14(23-9-18-10)15(21)20-4-5-22-7-13(20)12-8-24-16(19-12)17-6-11-2-3-11/h8-9,11,13H,2-7H2,1H3,(H,17,19)/t13-/m1/s1. The second-order valence-corrected chi connectivity index (χ2v) is 7.12. The third-order valence-electron chi connectivity index (χ3n) is 4.43. The summed E-state index contributed by atoms with van der Waals surface area (Å²) >= 11 is 1.58. The monoisotopic (exact) mass is 348 g/mol. The Bertz CT molecular complexity index is 724. The molecule has 24 heavy (non-hydrogen) atoms. The first-order chi connectivity index (χ1) is 11.7. The first-order valence-corrected chi connectivity index (χ1v) is 9.08. The van der Waals surface area contributed by atoms with Crippen LogP contribution in [0.1, 0.15) is 40.8 Å². The van der Waals surface area contributed by atoms with E-state index in [0.717, 1.165) is 23.3 Å². The second kappa shape index (κ2) is 6.52. The number of thiazole rings is 1. The Morgan fingerprint density at radius 1 is 1.50 bits per heavy atom. The van der Waals surface area contributed by atoms with Crippen molar-refractivity contribution in [2.45, 2.75) is 25.8 Å². The number of nitrogens with one attached hydrogen (secondary N) is 1. The Hall–Kier alpha value is -1.93. The Labute approximate surface area is 144 Å². The van der Waals surface area contributed by atoms with Gasteiger partial charge in [0.1, 0.15) is 0 Å². The van der Waals surface area contributed by atoms with Crippen LogP contribution in [0.25, 0.3) is 0 Å². The number of aromatic nitrogens is 2. The number of hydrogen-bond donors (Lipinski definition) is 1. The van der Waals surface area contributed by atoms with Gasteiger partial charge in [0.05, 0.1) is 30.6 Å². The molecule has 1 saturated heterocycles. The van der Waals surface area contributed by atoms with Gasteiger partial charge < -0.3 is 19.4 Å². The Morgan fingerprint density at radius 2 is 2.38 bits per heavy atom. The first kappa shape index (κ1) is 15.6. The van der Waals surface area contributed by atoms with Crippen LogP contribution < -0.4 is 5.32 Å². The van der Waals surface area contributed by atoms with E-state index in [4.69, 9.17) is 9.15 Å². The highest BCUT2D eigenvalue weighted by atomic mass is 32.1. The van der Waals surface area contributed by atoms with Gasteiger partial charge in [0.25, 0.3) is 5.91 Å². The molecular formula is C16H20N4O3S. The maximum Gasteiger partial charge on any atom is 0.292 e. The zero-order valence-electron chi connectivity index (χ0n) is 13.5. The van der Waals surface area contributed by atoms with Crippen LogP contribution in [0.3, 0.4) is 0 Å². The number of rotatable bonds is 5. The van der Waals surface area contributed by atoms with Gasteiger partial charge in [-0.3, -0.25) is 4.79 Å². The van der Waals surface area contributed by atoms with Gasteiger partial charge in [0.15, 0.2) is 11.5 Å². The molecule has 1 atom stereocenters. The molecule has 1 N–H and O–H groups in total. The zero-order valence-corrected chi connectivity index (χ0v) is 14.3. The van der Waals surface area contributed by atoms with E-state index in [1.54, 1.807) is 23.2 Å². The number of hydrogen-bond acceptors (Lipinski definition) is 7. The predicted octanol–water partition coefficient (Wildman–Crippen LogP) is 2.48. The number of anilines is 1. The Kier molecular flexibility index (Phi) is 4.24. The van der Waals surface area contributed by atoms with Gasteiger partial charge in [-0.2, -0.15) is 0 Å². The lowest BCUT2D eigenvalue weighted by Crippen LogP contribution is -2.43. The summed E-state index contributed by atoms with van der Waals surface area (Å²) in [5, 5.41) is 6.29. The highest BCUT2D eigenvalue weighted by Gasteiger charge is 2.33. The minimum atomic E-state index is -0.191. The zero-order chi connectivity index (χ0) is 16.5. The summed E-state index contributed by atoms with van der Waals surface area (Å²) in [6, 6.07) is -0.191. The molecule has 2 aromatic heterocycles. The van der Waals surface area contributed by atoms with Gasteiger partial charge in [0.2, 0.25) is 5.76 Å². The number of carbonyl (C=O) groups is 1. The van der Waals surface area contributed by atoms with Crippen LogP contribution in [0.4, 0.5) is 5.13 Å². The third kappa shape index (κ3) is 3.16. The molecule has 0 spiro atoms. The summed E-state index contributed by atoms with van der Waals surface area (Å²) in [7, 11) is 0. The van der Waals surface area contributed by atoms with Crippen molar-refractivity contribution >= 4 is 22.4 Å². The van der Waals surface area contributed by atoms with Gasteiger partial charge in [0, 0.05) is 18.5 Å². The Balaban J connectivity index is 1.51. The van der Waals surface area contributed by atoms with Crippen molar-refractivity contribution in [2.75, 3.05) is 31.6 Å². The minimum Gasteiger partial charge on any atom is -0.438 e. The number of nitrogens with zero attached hydrogens (tertiary/aromatic N) is 3. The summed E-state index contributed by atoms with van der Waals surface area (Å²) in [5.74, 6) is 0.936. The fourth-order valence-electron chi connectivity index (χ4n) is 2.80. The third-order valence-corrected chi connectivity index (χ3v) is 5.25. The largest absolute Gasteiger partial charge is 0.438 e. The summed E-state index contributed by atoms with van der Waals surface area (Å²) in [4.78, 5) is 23.2. The van der Waals surface area contributed by atoms with Crippen LogP contribution >= 0.6 is 11.3 Å². The van der Waals surface area contributed by atoms with Crippen molar-refractivity contribution in [2.24, 2.45) is 5.92 Å². The lowest BCUT2D eigenvalue weighted by atomic mass is 10.1. The molecule has 0 radical (unpaired) electrons. The quantitative estimate of drug-likeness (QED) is 0.894. The molecule has 1 aliphatic heterocycles. The number of carbonyl (C=O) groups excluding carboxylic acids is 1. The van der Waals surface area contributed by atoms with Crippen molar-refractivity contribution in [3.8, 4) is 0 Å². The number of morpholine rings is 1. The van der Waals surface area contributed by atoms with E-state index < -0.39 is 0 Å². The van der Waals surface area contributed by atoms with Crippen LogP contribution in [0.2, 0.25) is 0 Å². The van der Waals surface area contributed by atoms with Crippen molar-refractivity contribution < 1.29 is 13.9 Å². The summed E-state index contributed by atoms with van der Waals surface area (Å²) < 4.78 is 10.9. The Morgan fingerprint density at radius 3 is 3.12 bits per heavy atom. The molecule has 1 amide bonds. The van der Waals surface area contributed by atoms with Gasteiger partial charge in [-0.25, -0.2) is 9.97 Å². The van der Waals surface area contributed by atoms with Crippen LogP contribution in [0, 0.1) is 12.8 Å². The minimum absolute atomic E-state index is 0.154. The maximum atomic E-state index is 12.8. The van der Waals surface area contributed by atoms with Gasteiger partial charge in [-0.15, -0.1) is 11.3 Å². The molecule has 2 aromatic rings. The predicted molar refractivity (Wildman–Crippen MR) is 89.2 cm³/mol. The molecule has 4 rings (SSSR count). The molecule has 7 nitrogen and oxygen atoms in total. The number of amides is 1. The van der Waals surface area contributed by atoms with Gasteiger partial charge >= 0.3 is 0 Å².